The van der Waals surface area contributed by atoms with Gasteiger partial charge >= 0.3 is 0 Å². The Morgan fingerprint density at radius 3 is 1.97 bits per heavy atom. The van der Waals surface area contributed by atoms with E-state index in [0.29, 0.717) is 0 Å². The molecule has 0 bridgehead atoms. The Kier molecular flexibility index (Phi) is 9.18. The molecule has 182 valence electrons. The molecule has 0 saturated heterocycles. The molecule has 0 aliphatic rings. The van der Waals surface area contributed by atoms with Crippen LogP contribution in [-0.4, -0.2) is 0 Å². The maximum atomic E-state index is 3.49. The van der Waals surface area contributed by atoms with Gasteiger partial charge in [-0.15, -0.1) is 0 Å². The number of unbranched alkanes of at least 4 members (excludes halogenated alkanes) is 2. The topological polar surface area (TPSA) is 0 Å². The van der Waals surface area contributed by atoms with Crippen LogP contribution < -0.4 is 0 Å². The van der Waals surface area contributed by atoms with Gasteiger partial charge in [0.2, 0.25) is 0 Å². The summed E-state index contributed by atoms with van der Waals surface area (Å²) in [5, 5.41) is 2.45. The summed E-state index contributed by atoms with van der Waals surface area (Å²) in [6.45, 7) is 6.71. The van der Waals surface area contributed by atoms with Gasteiger partial charge in [0.05, 0.1) is 0 Å². The minimum atomic E-state index is 1.01. The number of rotatable bonds is 9. The van der Waals surface area contributed by atoms with Crippen molar-refractivity contribution < 1.29 is 0 Å². The average molecular weight is 471 g/mol. The molecule has 0 N–H and O–H groups in total. The van der Waals surface area contributed by atoms with E-state index in [0.717, 1.165) is 30.4 Å². The van der Waals surface area contributed by atoms with E-state index in [2.05, 4.69) is 124 Å². The van der Waals surface area contributed by atoms with Crippen LogP contribution in [0.15, 0.2) is 78.9 Å². The fourth-order valence-corrected chi connectivity index (χ4v) is 4.67. The lowest BCUT2D eigenvalue weighted by atomic mass is 9.97. The van der Waals surface area contributed by atoms with E-state index in [-0.39, 0.29) is 0 Å². The molecule has 4 aromatic rings. The van der Waals surface area contributed by atoms with E-state index >= 15 is 0 Å². The van der Waals surface area contributed by atoms with E-state index in [1.165, 1.54) is 64.3 Å². The first kappa shape index (κ1) is 25.5. The van der Waals surface area contributed by atoms with Gasteiger partial charge in [-0.05, 0) is 82.8 Å². The normalized spacial score (nSPS) is 11.1. The van der Waals surface area contributed by atoms with Gasteiger partial charge in [0.15, 0.2) is 0 Å². The molecule has 0 aromatic heterocycles. The molecule has 0 saturated carbocycles. The van der Waals surface area contributed by atoms with Crippen LogP contribution in [0.1, 0.15) is 85.4 Å². The second-order valence-electron chi connectivity index (χ2n) is 9.63. The smallest absolute Gasteiger partial charge is 0.0327 e. The lowest BCUT2D eigenvalue weighted by Gasteiger charge is -2.07. The maximum absolute atomic E-state index is 3.49. The molecule has 0 aliphatic carbocycles. The fraction of sp³-hybridized carbons (Fsp3) is 0.278. The summed E-state index contributed by atoms with van der Waals surface area (Å²) in [6.07, 6.45) is 12.7. The van der Waals surface area contributed by atoms with Crippen molar-refractivity contribution in [3.63, 3.8) is 0 Å². The Bertz CT molecular complexity index is 1370. The number of hydrogen-bond donors (Lipinski definition) is 0. The van der Waals surface area contributed by atoms with Crippen molar-refractivity contribution in [3.05, 3.63) is 118 Å². The van der Waals surface area contributed by atoms with Gasteiger partial charge in [0.1, 0.15) is 0 Å². The van der Waals surface area contributed by atoms with Crippen molar-refractivity contribution in [2.45, 2.75) is 65.7 Å². The molecular formula is C36H38. The third kappa shape index (κ3) is 6.56. The highest BCUT2D eigenvalue weighted by Crippen LogP contribution is 2.25. The predicted molar refractivity (Wildman–Crippen MR) is 158 cm³/mol. The highest BCUT2D eigenvalue weighted by atomic mass is 14.1. The molecule has 0 radical (unpaired) electrons. The number of hydrogen-bond acceptors (Lipinski definition) is 0. The number of aryl methyl sites for hydroxylation is 3. The van der Waals surface area contributed by atoms with Gasteiger partial charge in [-0.3, -0.25) is 0 Å². The molecule has 36 heavy (non-hydrogen) atoms. The monoisotopic (exact) mass is 470 g/mol. The van der Waals surface area contributed by atoms with Crippen molar-refractivity contribution in [3.8, 4) is 11.8 Å². The minimum Gasteiger partial charge on any atom is -0.0654 e. The third-order valence-corrected chi connectivity index (χ3v) is 6.91. The molecule has 0 fully saturated rings. The second kappa shape index (κ2) is 12.9. The molecule has 0 atom stereocenters. The number of benzene rings is 4. The van der Waals surface area contributed by atoms with Crippen LogP contribution in [0.3, 0.4) is 0 Å². The van der Waals surface area contributed by atoms with Crippen molar-refractivity contribution in [1.29, 1.82) is 0 Å². The first-order chi connectivity index (χ1) is 17.7. The quantitative estimate of drug-likeness (QED) is 0.169. The lowest BCUT2D eigenvalue weighted by molar-refractivity contribution is 0.794. The van der Waals surface area contributed by atoms with Gasteiger partial charge in [-0.2, -0.15) is 0 Å². The van der Waals surface area contributed by atoms with E-state index in [1.54, 1.807) is 0 Å². The summed E-state index contributed by atoms with van der Waals surface area (Å²) in [4.78, 5) is 0. The van der Waals surface area contributed by atoms with Gasteiger partial charge in [0, 0.05) is 11.1 Å². The number of fused-ring (bicyclic) bond motifs is 1. The zero-order valence-electron chi connectivity index (χ0n) is 22.1. The SMILES string of the molecule is CCCCc1ccc(C=Cc2ccc(C#Cc3ccc(CCCC)cc3CC)c3ccccc23)cc1. The van der Waals surface area contributed by atoms with Crippen molar-refractivity contribution in [1.82, 2.24) is 0 Å². The van der Waals surface area contributed by atoms with Crippen LogP contribution in [0.25, 0.3) is 22.9 Å². The molecule has 0 amide bonds. The maximum Gasteiger partial charge on any atom is 0.0327 e. The zero-order valence-corrected chi connectivity index (χ0v) is 22.1. The molecule has 0 unspecified atom stereocenters. The molecule has 0 aliphatic heterocycles. The summed E-state index contributed by atoms with van der Waals surface area (Å²) in [7, 11) is 0. The van der Waals surface area contributed by atoms with E-state index < -0.39 is 0 Å². The molecule has 0 heteroatoms. The van der Waals surface area contributed by atoms with Crippen molar-refractivity contribution in [2.24, 2.45) is 0 Å². The predicted octanol–water partition coefficient (Wildman–Crippen LogP) is 9.66. The Morgan fingerprint density at radius 1 is 0.611 bits per heavy atom. The standard InChI is InChI=1S/C36H38/c1-4-7-11-28-15-17-29(18-16-28)19-22-33-25-26-34(36-14-10-9-13-35(33)36)24-23-32-21-20-30(12-8-5-2)27-31(32)6-3/h9-10,13-22,25-27H,4-8,11-12H2,1-3H3. The van der Waals surface area contributed by atoms with Crippen molar-refractivity contribution >= 4 is 22.9 Å². The Morgan fingerprint density at radius 2 is 1.25 bits per heavy atom. The Balaban J connectivity index is 1.60. The molecular weight excluding hydrogens is 432 g/mol. The highest BCUT2D eigenvalue weighted by Gasteiger charge is 2.04. The molecule has 4 rings (SSSR count). The Labute approximate surface area is 218 Å². The molecule has 0 heterocycles. The van der Waals surface area contributed by atoms with E-state index in [9.17, 15) is 0 Å². The van der Waals surface area contributed by atoms with Gasteiger partial charge in [-0.25, -0.2) is 0 Å². The summed E-state index contributed by atoms with van der Waals surface area (Å²) in [5.41, 5.74) is 8.88. The van der Waals surface area contributed by atoms with Crippen LogP contribution >= 0.6 is 0 Å². The zero-order chi connectivity index (χ0) is 25.2. The lowest BCUT2D eigenvalue weighted by Crippen LogP contribution is -1.92. The minimum absolute atomic E-state index is 1.01. The van der Waals surface area contributed by atoms with Gasteiger partial charge < -0.3 is 0 Å². The van der Waals surface area contributed by atoms with Crippen LogP contribution in [0.5, 0.6) is 0 Å². The van der Waals surface area contributed by atoms with E-state index in [1.807, 2.05) is 0 Å². The largest absolute Gasteiger partial charge is 0.0654 e. The molecule has 4 aromatic carbocycles. The summed E-state index contributed by atoms with van der Waals surface area (Å²) in [5.74, 6) is 6.98. The third-order valence-electron chi connectivity index (χ3n) is 6.91. The van der Waals surface area contributed by atoms with E-state index in [4.69, 9.17) is 0 Å². The fourth-order valence-electron chi connectivity index (χ4n) is 4.67. The summed E-state index contributed by atoms with van der Waals surface area (Å²) >= 11 is 0. The summed E-state index contributed by atoms with van der Waals surface area (Å²) in [6, 6.07) is 28.8. The van der Waals surface area contributed by atoms with Crippen LogP contribution in [0.2, 0.25) is 0 Å². The van der Waals surface area contributed by atoms with Crippen LogP contribution in [0, 0.1) is 11.8 Å². The first-order valence-corrected chi connectivity index (χ1v) is 13.6. The van der Waals surface area contributed by atoms with Crippen LogP contribution in [-0.2, 0) is 19.3 Å². The van der Waals surface area contributed by atoms with Crippen LogP contribution in [0.4, 0.5) is 0 Å². The molecule has 0 spiro atoms. The van der Waals surface area contributed by atoms with Gasteiger partial charge in [-0.1, -0.05) is 124 Å². The first-order valence-electron chi connectivity index (χ1n) is 13.6. The van der Waals surface area contributed by atoms with Gasteiger partial charge in [0.25, 0.3) is 0 Å². The summed E-state index contributed by atoms with van der Waals surface area (Å²) < 4.78 is 0. The molecule has 0 nitrogen and oxygen atoms in total. The van der Waals surface area contributed by atoms with Crippen molar-refractivity contribution in [2.75, 3.05) is 0 Å². The second-order valence-corrected chi connectivity index (χ2v) is 9.63. The Hall–Kier alpha value is -3.56. The highest BCUT2D eigenvalue weighted by molar-refractivity contribution is 5.96. The average Bonchev–Trinajstić information content (AvgIpc) is 2.93.